The summed E-state index contributed by atoms with van der Waals surface area (Å²) >= 11 is 1.73. The number of benzene rings is 2. The SMILES string of the molecule is Cc1cnc(COc2ccc3c(c2)c(SC(C)(C)C)c(CC2(C(=O)O)CCCC2)n3Cc2ccc(-c3ccc(C(F)(F)F)nc3)cc2)cn1. The van der Waals surface area contributed by atoms with Crippen molar-refractivity contribution in [1.82, 2.24) is 19.5 Å². The number of thioether (sulfide) groups is 1. The van der Waals surface area contributed by atoms with E-state index in [1.54, 1.807) is 24.2 Å². The van der Waals surface area contributed by atoms with E-state index in [-0.39, 0.29) is 11.4 Å². The molecule has 6 rings (SSSR count). The van der Waals surface area contributed by atoms with Crippen molar-refractivity contribution in [3.05, 3.63) is 102 Å². The third kappa shape index (κ3) is 7.77. The van der Waals surface area contributed by atoms with Gasteiger partial charge in [0.15, 0.2) is 0 Å². The summed E-state index contributed by atoms with van der Waals surface area (Å²) in [6.07, 6.45) is 3.59. The van der Waals surface area contributed by atoms with Gasteiger partial charge in [0, 0.05) is 57.2 Å². The number of carboxylic acid groups (broad SMARTS) is 1. The maximum Gasteiger partial charge on any atom is 0.433 e. The van der Waals surface area contributed by atoms with Crippen LogP contribution < -0.4 is 4.74 Å². The Labute approximate surface area is 288 Å². The van der Waals surface area contributed by atoms with E-state index >= 15 is 0 Å². The van der Waals surface area contributed by atoms with Crippen LogP contribution in [-0.2, 0) is 30.5 Å². The van der Waals surface area contributed by atoms with Gasteiger partial charge >= 0.3 is 12.1 Å². The number of hydrogen-bond acceptors (Lipinski definition) is 6. The molecular formula is C38H39F3N4O3S. The van der Waals surface area contributed by atoms with Gasteiger partial charge in [-0.1, -0.05) is 63.9 Å². The first kappa shape index (κ1) is 34.5. The zero-order valence-electron chi connectivity index (χ0n) is 28.0. The molecule has 0 saturated heterocycles. The van der Waals surface area contributed by atoms with Crippen LogP contribution in [-0.4, -0.2) is 35.3 Å². The minimum atomic E-state index is -4.50. The number of rotatable bonds is 10. The zero-order chi connectivity index (χ0) is 35.0. The molecule has 1 fully saturated rings. The van der Waals surface area contributed by atoms with E-state index in [1.165, 1.54) is 12.3 Å². The van der Waals surface area contributed by atoms with Gasteiger partial charge in [-0.3, -0.25) is 19.7 Å². The fraction of sp³-hybridized carbons (Fsp3) is 0.368. The number of carbonyl (C=O) groups is 1. The average molecular weight is 689 g/mol. The van der Waals surface area contributed by atoms with E-state index in [1.807, 2.05) is 49.4 Å². The predicted octanol–water partition coefficient (Wildman–Crippen LogP) is 9.53. The van der Waals surface area contributed by atoms with E-state index in [4.69, 9.17) is 4.74 Å². The molecule has 0 amide bonds. The number of nitrogens with zero attached hydrogens (tertiary/aromatic N) is 4. The second-order valence-electron chi connectivity index (χ2n) is 13.8. The maximum atomic E-state index is 13.0. The molecule has 2 aromatic carbocycles. The maximum absolute atomic E-state index is 13.0. The van der Waals surface area contributed by atoms with Gasteiger partial charge in [-0.25, -0.2) is 0 Å². The van der Waals surface area contributed by atoms with Crippen molar-refractivity contribution < 1.29 is 27.8 Å². The van der Waals surface area contributed by atoms with Gasteiger partial charge in [-0.15, -0.1) is 11.8 Å². The lowest BCUT2D eigenvalue weighted by Gasteiger charge is -2.27. The molecule has 0 bridgehead atoms. The van der Waals surface area contributed by atoms with Crippen molar-refractivity contribution >= 4 is 28.6 Å². The molecule has 0 spiro atoms. The number of halogens is 3. The smallest absolute Gasteiger partial charge is 0.433 e. The van der Waals surface area contributed by atoms with Crippen LogP contribution in [0.4, 0.5) is 13.2 Å². The first-order chi connectivity index (χ1) is 23.2. The van der Waals surface area contributed by atoms with Gasteiger partial charge < -0.3 is 14.4 Å². The lowest BCUT2D eigenvalue weighted by molar-refractivity contribution is -0.148. The van der Waals surface area contributed by atoms with Gasteiger partial charge in [-0.2, -0.15) is 13.2 Å². The van der Waals surface area contributed by atoms with Crippen molar-refractivity contribution in [2.24, 2.45) is 5.41 Å². The molecule has 3 aromatic heterocycles. The highest BCUT2D eigenvalue weighted by Crippen LogP contribution is 2.48. The highest BCUT2D eigenvalue weighted by molar-refractivity contribution is 8.00. The van der Waals surface area contributed by atoms with Crippen LogP contribution in [0.2, 0.25) is 0 Å². The number of fused-ring (bicyclic) bond motifs is 1. The van der Waals surface area contributed by atoms with Crippen molar-refractivity contribution in [1.29, 1.82) is 0 Å². The quantitative estimate of drug-likeness (QED) is 0.146. The second-order valence-corrected chi connectivity index (χ2v) is 15.6. The number of carboxylic acids is 1. The first-order valence-corrected chi connectivity index (χ1v) is 17.1. The van der Waals surface area contributed by atoms with Crippen LogP contribution >= 0.6 is 11.8 Å². The summed E-state index contributed by atoms with van der Waals surface area (Å²) in [5.74, 6) is -0.0797. The second kappa shape index (κ2) is 13.5. The van der Waals surface area contributed by atoms with Crippen LogP contribution in [0.25, 0.3) is 22.0 Å². The standard InChI is InChI=1S/C38H39F3N4O3S/c1-24-19-43-28(21-42-24)23-48-29-12-13-31-30(17-29)34(49-36(2,3)4)32(18-37(35(46)47)15-5-6-16-37)45(31)22-25-7-9-26(10-8-25)27-11-14-33(44-20-27)38(39,40)41/h7-14,17,19-21H,5-6,15-16,18,22-23H2,1-4H3,(H,46,47). The summed E-state index contributed by atoms with van der Waals surface area (Å²) in [6.45, 7) is 9.08. The van der Waals surface area contributed by atoms with Gasteiger partial charge in [-0.05, 0) is 55.2 Å². The Morgan fingerprint density at radius 2 is 1.65 bits per heavy atom. The molecule has 0 unspecified atom stereocenters. The van der Waals surface area contributed by atoms with E-state index in [0.717, 1.165) is 57.2 Å². The molecule has 256 valence electrons. The topological polar surface area (TPSA) is 90.1 Å². The number of aromatic nitrogens is 4. The minimum Gasteiger partial charge on any atom is -0.487 e. The van der Waals surface area contributed by atoms with E-state index in [9.17, 15) is 23.1 Å². The number of ether oxygens (including phenoxy) is 1. The van der Waals surface area contributed by atoms with E-state index in [0.29, 0.717) is 42.8 Å². The molecule has 1 aliphatic carbocycles. The summed E-state index contributed by atoms with van der Waals surface area (Å²) in [4.78, 5) is 26.2. The summed E-state index contributed by atoms with van der Waals surface area (Å²) in [5, 5.41) is 11.5. The summed E-state index contributed by atoms with van der Waals surface area (Å²) < 4.78 is 47.4. The molecule has 0 radical (unpaired) electrons. The normalized spacial score (nSPS) is 14.8. The van der Waals surface area contributed by atoms with E-state index < -0.39 is 23.3 Å². The molecule has 1 aliphatic rings. The fourth-order valence-corrected chi connectivity index (χ4v) is 7.62. The number of alkyl halides is 3. The Kier molecular flexibility index (Phi) is 9.50. The largest absolute Gasteiger partial charge is 0.487 e. The predicted molar refractivity (Wildman–Crippen MR) is 185 cm³/mol. The zero-order valence-corrected chi connectivity index (χ0v) is 28.8. The van der Waals surface area contributed by atoms with Crippen LogP contribution in [0, 0.1) is 12.3 Å². The van der Waals surface area contributed by atoms with Crippen LogP contribution in [0.1, 0.15) is 74.8 Å². The first-order valence-electron chi connectivity index (χ1n) is 16.3. The van der Waals surface area contributed by atoms with E-state index in [2.05, 4.69) is 40.3 Å². The molecule has 7 nitrogen and oxygen atoms in total. The third-order valence-corrected chi connectivity index (χ3v) is 10.2. The van der Waals surface area contributed by atoms with Crippen molar-refractivity contribution in [2.45, 2.75) is 88.8 Å². The Morgan fingerprint density at radius 3 is 2.24 bits per heavy atom. The van der Waals surface area contributed by atoms with Crippen molar-refractivity contribution in [3.63, 3.8) is 0 Å². The van der Waals surface area contributed by atoms with Gasteiger partial charge in [0.25, 0.3) is 0 Å². The fourth-order valence-electron chi connectivity index (χ4n) is 6.43. The van der Waals surface area contributed by atoms with Crippen molar-refractivity contribution in [2.75, 3.05) is 0 Å². The number of pyridine rings is 1. The lowest BCUT2D eigenvalue weighted by atomic mass is 9.81. The Bertz CT molecular complexity index is 1940. The monoisotopic (exact) mass is 688 g/mol. The molecule has 1 saturated carbocycles. The number of hydrogen-bond donors (Lipinski definition) is 1. The molecule has 49 heavy (non-hydrogen) atoms. The number of aryl methyl sites for hydroxylation is 1. The third-order valence-electron chi connectivity index (χ3n) is 8.92. The van der Waals surface area contributed by atoms with Crippen LogP contribution in [0.3, 0.4) is 0 Å². The average Bonchev–Trinajstić information content (AvgIpc) is 3.64. The molecule has 1 N–H and O–H groups in total. The van der Waals surface area contributed by atoms with Gasteiger partial charge in [0.1, 0.15) is 18.1 Å². The Balaban J connectivity index is 1.40. The Morgan fingerprint density at radius 1 is 0.939 bits per heavy atom. The summed E-state index contributed by atoms with van der Waals surface area (Å²) in [5.41, 5.74) is 4.04. The molecule has 0 atom stereocenters. The van der Waals surface area contributed by atoms with Crippen LogP contribution in [0.5, 0.6) is 5.75 Å². The van der Waals surface area contributed by atoms with Crippen molar-refractivity contribution in [3.8, 4) is 16.9 Å². The molecule has 3 heterocycles. The molecule has 0 aliphatic heterocycles. The Hall–Kier alpha value is -4.38. The highest BCUT2D eigenvalue weighted by atomic mass is 32.2. The molecule has 5 aromatic rings. The van der Waals surface area contributed by atoms with Gasteiger partial charge in [0.2, 0.25) is 0 Å². The highest BCUT2D eigenvalue weighted by Gasteiger charge is 2.43. The minimum absolute atomic E-state index is 0.161. The number of aliphatic carboxylic acids is 1. The molecular weight excluding hydrogens is 650 g/mol. The lowest BCUT2D eigenvalue weighted by Crippen LogP contribution is -2.31. The summed E-state index contributed by atoms with van der Waals surface area (Å²) in [6, 6.07) is 16.1. The molecule has 11 heteroatoms. The summed E-state index contributed by atoms with van der Waals surface area (Å²) in [7, 11) is 0. The van der Waals surface area contributed by atoms with Crippen LogP contribution in [0.15, 0.2) is 78.1 Å². The van der Waals surface area contributed by atoms with Gasteiger partial charge in [0.05, 0.1) is 23.0 Å².